The van der Waals surface area contributed by atoms with Gasteiger partial charge in [-0.1, -0.05) is 78.9 Å². The number of fused-ring (bicyclic) bond motifs is 3. The van der Waals surface area contributed by atoms with Crippen molar-refractivity contribution in [3.63, 3.8) is 0 Å². The van der Waals surface area contributed by atoms with Crippen LogP contribution in [0.5, 0.6) is 0 Å². The first kappa shape index (κ1) is 20.6. The maximum absolute atomic E-state index is 13.6. The van der Waals surface area contributed by atoms with Gasteiger partial charge in [-0.3, -0.25) is 4.79 Å². The van der Waals surface area contributed by atoms with Crippen molar-refractivity contribution in [2.24, 2.45) is 0 Å². The number of para-hydroxylation sites is 2. The van der Waals surface area contributed by atoms with Crippen LogP contribution in [0.2, 0.25) is 0 Å². The molecule has 5 heteroatoms. The van der Waals surface area contributed by atoms with Crippen molar-refractivity contribution >= 4 is 44.5 Å². The number of hydrogen-bond acceptors (Lipinski definition) is 4. The predicted molar refractivity (Wildman–Crippen MR) is 130 cm³/mol. The van der Waals surface area contributed by atoms with E-state index in [2.05, 4.69) is 10.3 Å². The standard InChI is InChI=1S/C28H22N2O3/c1-33-28(32)25(17-19-11-8-10-18-9-2-3-12-20(18)19)30-27(31)26-21-13-4-6-15-23(21)29-24-16-7-5-14-22(24)26/h2-16,25H,17H2,1H3,(H,30,31)/t25-/m0/s1. The van der Waals surface area contributed by atoms with Crippen LogP contribution in [-0.4, -0.2) is 30.0 Å². The second-order valence-electron chi connectivity index (χ2n) is 7.91. The van der Waals surface area contributed by atoms with Crippen molar-refractivity contribution in [1.29, 1.82) is 0 Å². The largest absolute Gasteiger partial charge is 0.467 e. The lowest BCUT2D eigenvalue weighted by Crippen LogP contribution is -2.43. The molecule has 1 N–H and O–H groups in total. The first-order valence-corrected chi connectivity index (χ1v) is 10.8. The number of methoxy groups -OCH3 is 1. The fraction of sp³-hybridized carbons (Fsp3) is 0.107. The summed E-state index contributed by atoms with van der Waals surface area (Å²) in [6, 6.07) is 28.2. The number of benzene rings is 4. The lowest BCUT2D eigenvalue weighted by atomic mass is 9.97. The van der Waals surface area contributed by atoms with E-state index in [0.717, 1.165) is 38.1 Å². The van der Waals surface area contributed by atoms with Crippen LogP contribution >= 0.6 is 0 Å². The number of ether oxygens (including phenoxy) is 1. The third-order valence-electron chi connectivity index (χ3n) is 5.91. The fourth-order valence-electron chi connectivity index (χ4n) is 4.34. The topological polar surface area (TPSA) is 68.3 Å². The van der Waals surface area contributed by atoms with E-state index < -0.39 is 12.0 Å². The Morgan fingerprint density at radius 2 is 1.36 bits per heavy atom. The molecule has 5 nitrogen and oxygen atoms in total. The zero-order chi connectivity index (χ0) is 22.8. The number of carbonyl (C=O) groups excluding carboxylic acids is 2. The van der Waals surface area contributed by atoms with Gasteiger partial charge < -0.3 is 10.1 Å². The van der Waals surface area contributed by atoms with Gasteiger partial charge in [-0.05, 0) is 28.5 Å². The first-order valence-electron chi connectivity index (χ1n) is 10.8. The second kappa shape index (κ2) is 8.71. The number of carbonyl (C=O) groups is 2. The average Bonchev–Trinajstić information content (AvgIpc) is 2.86. The molecule has 0 fully saturated rings. The summed E-state index contributed by atoms with van der Waals surface area (Å²) in [4.78, 5) is 31.0. The van der Waals surface area contributed by atoms with Gasteiger partial charge in [0, 0.05) is 17.2 Å². The molecule has 162 valence electrons. The number of rotatable bonds is 5. The van der Waals surface area contributed by atoms with Crippen LogP contribution in [0, 0.1) is 0 Å². The molecular formula is C28H22N2O3. The molecule has 1 atom stereocenters. The molecular weight excluding hydrogens is 412 g/mol. The van der Waals surface area contributed by atoms with Crippen LogP contribution in [0.1, 0.15) is 15.9 Å². The summed E-state index contributed by atoms with van der Waals surface area (Å²) in [5.74, 6) is -0.820. The van der Waals surface area contributed by atoms with Gasteiger partial charge in [0.25, 0.3) is 5.91 Å². The first-order chi connectivity index (χ1) is 16.2. The van der Waals surface area contributed by atoms with E-state index in [9.17, 15) is 9.59 Å². The van der Waals surface area contributed by atoms with Crippen molar-refractivity contribution in [2.75, 3.05) is 7.11 Å². The fourth-order valence-corrected chi connectivity index (χ4v) is 4.34. The summed E-state index contributed by atoms with van der Waals surface area (Å²) in [6.45, 7) is 0. The van der Waals surface area contributed by atoms with Crippen molar-refractivity contribution < 1.29 is 14.3 Å². The Morgan fingerprint density at radius 3 is 2.03 bits per heavy atom. The van der Waals surface area contributed by atoms with Gasteiger partial charge in [0.05, 0.1) is 23.7 Å². The Balaban J connectivity index is 1.56. The zero-order valence-electron chi connectivity index (χ0n) is 18.1. The minimum Gasteiger partial charge on any atom is -0.467 e. The number of nitrogens with one attached hydrogen (secondary N) is 1. The van der Waals surface area contributed by atoms with Crippen LogP contribution in [-0.2, 0) is 16.0 Å². The lowest BCUT2D eigenvalue weighted by molar-refractivity contribution is -0.142. The highest BCUT2D eigenvalue weighted by molar-refractivity contribution is 6.16. The average molecular weight is 434 g/mol. The molecule has 5 aromatic rings. The van der Waals surface area contributed by atoms with E-state index in [1.54, 1.807) is 0 Å². The number of aromatic nitrogens is 1. The number of esters is 1. The molecule has 5 rings (SSSR count). The van der Waals surface area contributed by atoms with Gasteiger partial charge in [-0.25, -0.2) is 9.78 Å². The van der Waals surface area contributed by atoms with Crippen LogP contribution in [0.4, 0.5) is 0 Å². The minimum atomic E-state index is -0.834. The van der Waals surface area contributed by atoms with E-state index in [4.69, 9.17) is 4.74 Å². The van der Waals surface area contributed by atoms with Crippen LogP contribution in [0.15, 0.2) is 91.0 Å². The number of nitrogens with zero attached hydrogens (tertiary/aromatic N) is 1. The second-order valence-corrected chi connectivity index (χ2v) is 7.91. The molecule has 0 aliphatic carbocycles. The third-order valence-corrected chi connectivity index (χ3v) is 5.91. The Hall–Kier alpha value is -4.25. The molecule has 0 radical (unpaired) electrons. The molecule has 1 heterocycles. The predicted octanol–water partition coefficient (Wildman–Crippen LogP) is 5.06. The molecule has 4 aromatic carbocycles. The number of hydrogen-bond donors (Lipinski definition) is 1. The van der Waals surface area contributed by atoms with E-state index in [1.165, 1.54) is 7.11 Å². The van der Waals surface area contributed by atoms with Gasteiger partial charge in [0.1, 0.15) is 6.04 Å². The summed E-state index contributed by atoms with van der Waals surface area (Å²) in [6.07, 6.45) is 0.320. The maximum Gasteiger partial charge on any atom is 0.328 e. The molecule has 0 aliphatic rings. The SMILES string of the molecule is COC(=O)[C@H](Cc1cccc2ccccc12)NC(=O)c1c2ccccc2nc2ccccc12. The highest BCUT2D eigenvalue weighted by atomic mass is 16.5. The Bertz CT molecular complexity index is 1450. The highest BCUT2D eigenvalue weighted by Gasteiger charge is 2.25. The van der Waals surface area contributed by atoms with E-state index >= 15 is 0 Å². The van der Waals surface area contributed by atoms with Gasteiger partial charge in [-0.15, -0.1) is 0 Å². The van der Waals surface area contributed by atoms with E-state index in [-0.39, 0.29) is 5.91 Å². The van der Waals surface area contributed by atoms with E-state index in [1.807, 2.05) is 91.0 Å². The molecule has 33 heavy (non-hydrogen) atoms. The summed E-state index contributed by atoms with van der Waals surface area (Å²) in [7, 11) is 1.34. The summed E-state index contributed by atoms with van der Waals surface area (Å²) >= 11 is 0. The summed E-state index contributed by atoms with van der Waals surface area (Å²) < 4.78 is 5.04. The maximum atomic E-state index is 13.6. The Kier molecular flexibility index (Phi) is 5.45. The van der Waals surface area contributed by atoms with Gasteiger partial charge in [0.15, 0.2) is 0 Å². The van der Waals surface area contributed by atoms with E-state index in [0.29, 0.717) is 12.0 Å². The third kappa shape index (κ3) is 3.89. The molecule has 0 saturated heterocycles. The lowest BCUT2D eigenvalue weighted by Gasteiger charge is -2.19. The molecule has 1 aromatic heterocycles. The van der Waals surface area contributed by atoms with Crippen molar-refractivity contribution in [3.05, 3.63) is 102 Å². The van der Waals surface area contributed by atoms with Crippen molar-refractivity contribution in [2.45, 2.75) is 12.5 Å². The van der Waals surface area contributed by atoms with Crippen LogP contribution < -0.4 is 5.32 Å². The summed E-state index contributed by atoms with van der Waals surface area (Å²) in [5.41, 5.74) is 2.92. The summed E-state index contributed by atoms with van der Waals surface area (Å²) in [5, 5.41) is 6.54. The molecule has 0 saturated carbocycles. The minimum absolute atomic E-state index is 0.320. The number of pyridine rings is 1. The highest BCUT2D eigenvalue weighted by Crippen LogP contribution is 2.26. The van der Waals surface area contributed by atoms with Crippen LogP contribution in [0.25, 0.3) is 32.6 Å². The normalized spacial score (nSPS) is 12.0. The molecule has 1 amide bonds. The molecule has 0 bridgehead atoms. The zero-order valence-corrected chi connectivity index (χ0v) is 18.1. The molecule has 0 spiro atoms. The Morgan fingerprint density at radius 1 is 0.788 bits per heavy atom. The molecule has 0 unspecified atom stereocenters. The molecule has 0 aliphatic heterocycles. The smallest absolute Gasteiger partial charge is 0.328 e. The number of amides is 1. The van der Waals surface area contributed by atoms with Crippen molar-refractivity contribution in [1.82, 2.24) is 10.3 Å². The monoisotopic (exact) mass is 434 g/mol. The van der Waals surface area contributed by atoms with Gasteiger partial charge in [-0.2, -0.15) is 0 Å². The quantitative estimate of drug-likeness (QED) is 0.310. The van der Waals surface area contributed by atoms with Crippen molar-refractivity contribution in [3.8, 4) is 0 Å². The van der Waals surface area contributed by atoms with Crippen LogP contribution in [0.3, 0.4) is 0 Å². The van der Waals surface area contributed by atoms with Gasteiger partial charge in [0.2, 0.25) is 0 Å². The van der Waals surface area contributed by atoms with Gasteiger partial charge >= 0.3 is 5.97 Å². The Labute approximate surface area is 191 Å².